The van der Waals surface area contributed by atoms with Gasteiger partial charge in [-0.2, -0.15) is 0 Å². The minimum atomic E-state index is -1.39. The third kappa shape index (κ3) is 8.20. The number of benzene rings is 4. The van der Waals surface area contributed by atoms with Crippen LogP contribution in [0.15, 0.2) is 114 Å². The van der Waals surface area contributed by atoms with Crippen LogP contribution in [0.1, 0.15) is 41.2 Å². The van der Waals surface area contributed by atoms with E-state index in [1.54, 1.807) is 12.1 Å². The Labute approximate surface area is 261 Å². The summed E-state index contributed by atoms with van der Waals surface area (Å²) in [6.07, 6.45) is 4.13. The number of amides is 1. The van der Waals surface area contributed by atoms with Crippen LogP contribution in [0.4, 0.5) is 8.78 Å². The van der Waals surface area contributed by atoms with E-state index >= 15 is 0 Å². The van der Waals surface area contributed by atoms with Crippen LogP contribution in [-0.4, -0.2) is 42.2 Å². The van der Waals surface area contributed by atoms with Gasteiger partial charge in [0.15, 0.2) is 11.6 Å². The van der Waals surface area contributed by atoms with Gasteiger partial charge in [-0.15, -0.1) is 0 Å². The lowest BCUT2D eigenvalue weighted by molar-refractivity contribution is -0.129. The molecule has 1 amide bonds. The van der Waals surface area contributed by atoms with Gasteiger partial charge in [0.25, 0.3) is 5.91 Å². The van der Waals surface area contributed by atoms with Gasteiger partial charge >= 0.3 is 0 Å². The van der Waals surface area contributed by atoms with Gasteiger partial charge in [-0.1, -0.05) is 72.8 Å². The average Bonchev–Trinajstić information content (AvgIpc) is 3.45. The van der Waals surface area contributed by atoms with Crippen molar-refractivity contribution in [2.45, 2.75) is 30.9 Å². The van der Waals surface area contributed by atoms with Crippen LogP contribution in [-0.2, 0) is 16.0 Å². The van der Waals surface area contributed by atoms with Gasteiger partial charge in [-0.25, -0.2) is 19.2 Å². The first-order chi connectivity index (χ1) is 22.0. The Morgan fingerprint density at radius 1 is 0.956 bits per heavy atom. The zero-order chi connectivity index (χ0) is 31.5. The number of aliphatic hydroxyl groups is 1. The molecule has 0 aromatic heterocycles. The van der Waals surface area contributed by atoms with Crippen molar-refractivity contribution in [2.24, 2.45) is 4.99 Å². The summed E-state index contributed by atoms with van der Waals surface area (Å²) in [7, 11) is 0. The molecule has 1 aliphatic rings. The molecule has 0 saturated heterocycles. The maximum atomic E-state index is 14.1. The number of rotatable bonds is 14. The van der Waals surface area contributed by atoms with Crippen molar-refractivity contribution in [3.8, 4) is 5.75 Å². The normalized spacial score (nSPS) is 17.6. The first kappa shape index (κ1) is 31.6. The number of nitrogens with zero attached hydrogens (tertiary/aromatic N) is 1. The van der Waals surface area contributed by atoms with Gasteiger partial charge in [0, 0.05) is 37.6 Å². The van der Waals surface area contributed by atoms with E-state index in [0.717, 1.165) is 17.2 Å². The Morgan fingerprint density at radius 2 is 1.64 bits per heavy atom. The largest absolute Gasteiger partial charge is 0.494 e. The molecule has 0 aliphatic carbocycles. The molecule has 232 valence electrons. The lowest BCUT2D eigenvalue weighted by Crippen LogP contribution is -2.52. The van der Waals surface area contributed by atoms with E-state index in [0.29, 0.717) is 35.8 Å². The summed E-state index contributed by atoms with van der Waals surface area (Å²) in [6.45, 7) is 0.669. The molecule has 5 rings (SSSR count). The average molecular weight is 612 g/mol. The molecule has 45 heavy (non-hydrogen) atoms. The number of carbonyl (C=O) groups is 1. The van der Waals surface area contributed by atoms with E-state index in [9.17, 15) is 13.6 Å². The fourth-order valence-electron chi connectivity index (χ4n) is 5.09. The highest BCUT2D eigenvalue weighted by Gasteiger charge is 2.52. The molecule has 1 heterocycles. The van der Waals surface area contributed by atoms with Crippen molar-refractivity contribution >= 4 is 17.9 Å². The number of ether oxygens (including phenoxy) is 2. The van der Waals surface area contributed by atoms with E-state index < -0.39 is 29.2 Å². The van der Waals surface area contributed by atoms with Crippen molar-refractivity contribution < 1.29 is 28.2 Å². The quantitative estimate of drug-likeness (QED) is 0.121. The first-order valence-electron chi connectivity index (χ1n) is 14.8. The monoisotopic (exact) mass is 611 g/mol. The number of nitrogens with one attached hydrogen (secondary N) is 2. The molecule has 3 N–H and O–H groups in total. The third-order valence-electron chi connectivity index (χ3n) is 7.33. The number of carbonyl (C=O) groups excluding carboxylic acids is 1. The molecule has 0 radical (unpaired) electrons. The smallest absolute Gasteiger partial charge is 0.266 e. The van der Waals surface area contributed by atoms with Gasteiger partial charge in [0.2, 0.25) is 5.90 Å². The van der Waals surface area contributed by atoms with Gasteiger partial charge in [0.05, 0.1) is 6.61 Å². The molecular weight excluding hydrogens is 576 g/mol. The molecule has 0 unspecified atom stereocenters. The fraction of sp³-hybridized carbons (Fsp3) is 0.222. The Kier molecular flexibility index (Phi) is 10.7. The molecule has 2 atom stereocenters. The molecule has 4 aromatic rings. The number of aliphatic imine (C=N–C) groups is 1. The molecule has 4 aromatic carbocycles. The van der Waals surface area contributed by atoms with Crippen molar-refractivity contribution in [1.82, 2.24) is 10.9 Å². The predicted octanol–water partition coefficient (Wildman–Crippen LogP) is 5.95. The van der Waals surface area contributed by atoms with Crippen molar-refractivity contribution in [2.75, 3.05) is 19.8 Å². The second-order valence-electron chi connectivity index (χ2n) is 10.6. The van der Waals surface area contributed by atoms with Crippen molar-refractivity contribution in [1.29, 1.82) is 0 Å². The Hall–Kier alpha value is -4.86. The van der Waals surface area contributed by atoms with E-state index in [-0.39, 0.29) is 26.0 Å². The highest BCUT2D eigenvalue weighted by molar-refractivity contribution is 6.01. The van der Waals surface area contributed by atoms with Crippen molar-refractivity contribution in [3.63, 3.8) is 0 Å². The molecule has 1 aliphatic heterocycles. The van der Waals surface area contributed by atoms with Crippen LogP contribution in [0.5, 0.6) is 5.75 Å². The second-order valence-corrected chi connectivity index (χ2v) is 10.6. The minimum Gasteiger partial charge on any atom is -0.494 e. The molecular formula is C36H35F2N3O4. The third-order valence-corrected chi connectivity index (χ3v) is 7.33. The van der Waals surface area contributed by atoms with Crippen LogP contribution in [0.2, 0.25) is 0 Å². The Bertz CT molecular complexity index is 1590. The van der Waals surface area contributed by atoms with Crippen LogP contribution in [0, 0.1) is 11.6 Å². The highest BCUT2D eigenvalue weighted by atomic mass is 19.1. The molecule has 0 bridgehead atoms. The number of aliphatic hydroxyl groups excluding tert-OH is 1. The molecule has 0 saturated carbocycles. The number of hydrogen-bond donors (Lipinski definition) is 3. The SMILES string of the molecule is O=C(NNCCc1cc(F)cc(F)c1)[C@@]1(C/C=C/c2ccccc2)N=C(c2ccc(OCCCO)cc2)O[C@H]1c1ccccc1. The number of halogens is 2. The number of hydrogen-bond acceptors (Lipinski definition) is 6. The summed E-state index contributed by atoms with van der Waals surface area (Å²) in [6, 6.07) is 29.8. The van der Waals surface area contributed by atoms with E-state index in [1.807, 2.05) is 84.9 Å². The summed E-state index contributed by atoms with van der Waals surface area (Å²) >= 11 is 0. The van der Waals surface area contributed by atoms with E-state index in [2.05, 4.69) is 10.9 Å². The molecule has 7 nitrogen and oxygen atoms in total. The second kappa shape index (κ2) is 15.2. The Morgan fingerprint density at radius 3 is 2.33 bits per heavy atom. The molecule has 0 fully saturated rings. The van der Waals surface area contributed by atoms with Crippen molar-refractivity contribution in [3.05, 3.63) is 143 Å². The predicted molar refractivity (Wildman–Crippen MR) is 169 cm³/mol. The van der Waals surface area contributed by atoms with E-state index in [4.69, 9.17) is 19.6 Å². The van der Waals surface area contributed by atoms with Crippen LogP contribution >= 0.6 is 0 Å². The summed E-state index contributed by atoms with van der Waals surface area (Å²) in [4.78, 5) is 19.1. The topological polar surface area (TPSA) is 92.2 Å². The lowest BCUT2D eigenvalue weighted by Gasteiger charge is -2.29. The summed E-state index contributed by atoms with van der Waals surface area (Å²) in [5.41, 5.74) is 7.20. The maximum Gasteiger partial charge on any atom is 0.266 e. The Balaban J connectivity index is 1.43. The summed E-state index contributed by atoms with van der Waals surface area (Å²) in [5, 5.41) is 9.03. The first-order valence-corrected chi connectivity index (χ1v) is 14.8. The molecule has 9 heteroatoms. The summed E-state index contributed by atoms with van der Waals surface area (Å²) < 4.78 is 39.5. The van der Waals surface area contributed by atoms with E-state index in [1.165, 1.54) is 12.1 Å². The zero-order valence-electron chi connectivity index (χ0n) is 24.7. The van der Waals surface area contributed by atoms with Crippen LogP contribution in [0.3, 0.4) is 0 Å². The fourth-order valence-corrected chi connectivity index (χ4v) is 5.09. The van der Waals surface area contributed by atoms with Crippen LogP contribution < -0.4 is 15.6 Å². The van der Waals surface area contributed by atoms with Gasteiger partial charge < -0.3 is 14.6 Å². The van der Waals surface area contributed by atoms with Gasteiger partial charge in [0.1, 0.15) is 17.4 Å². The molecule has 0 spiro atoms. The standard InChI is InChI=1S/C36H35F2N3O4/c37-30-23-27(24-31(38)25-30)18-20-39-41-35(43)36(19-7-11-26-9-3-1-4-10-26)33(28-12-5-2-6-13-28)45-34(40-36)29-14-16-32(17-15-29)44-22-8-21-42/h1-7,9-17,23-25,33,39,42H,8,18-22H2,(H,41,43)/b11-7+/t33-,36-/m0/s1. The number of hydrazine groups is 1. The minimum absolute atomic E-state index is 0.0463. The van der Waals surface area contributed by atoms with Crippen LogP contribution in [0.25, 0.3) is 6.08 Å². The lowest BCUT2D eigenvalue weighted by atomic mass is 9.84. The van der Waals surface area contributed by atoms with Gasteiger partial charge in [-0.3, -0.25) is 10.2 Å². The maximum absolute atomic E-state index is 14.1. The van der Waals surface area contributed by atoms with Gasteiger partial charge in [-0.05, 0) is 59.5 Å². The summed E-state index contributed by atoms with van der Waals surface area (Å²) in [5.74, 6) is -0.775. The highest BCUT2D eigenvalue weighted by Crippen LogP contribution is 2.42. The zero-order valence-corrected chi connectivity index (χ0v) is 24.7.